The largest absolute Gasteiger partial charge is 0.383 e. The van der Waals surface area contributed by atoms with E-state index >= 15 is 0 Å². The summed E-state index contributed by atoms with van der Waals surface area (Å²) < 4.78 is 28.1. The van der Waals surface area contributed by atoms with Crippen LogP contribution in [0.3, 0.4) is 0 Å². The molecule has 0 bridgehead atoms. The maximum atomic E-state index is 14.8. The van der Waals surface area contributed by atoms with Crippen molar-refractivity contribution in [2.75, 3.05) is 12.8 Å². The normalized spacial score (nSPS) is 11.5. The van der Waals surface area contributed by atoms with Crippen LogP contribution in [-0.4, -0.2) is 28.5 Å². The van der Waals surface area contributed by atoms with Crippen molar-refractivity contribution in [3.8, 4) is 0 Å². The molecule has 136 valence electrons. The fourth-order valence-electron chi connectivity index (χ4n) is 2.80. The molecule has 0 aliphatic heterocycles. The second-order valence-corrected chi connectivity index (χ2v) is 5.83. The van der Waals surface area contributed by atoms with Gasteiger partial charge in [0.25, 0.3) is 0 Å². The maximum Gasteiger partial charge on any atom is 0.193 e. The summed E-state index contributed by atoms with van der Waals surface area (Å²) in [6.07, 6.45) is 1.32. The number of ketones is 1. The summed E-state index contributed by atoms with van der Waals surface area (Å²) in [7, 11) is 1.51. The summed E-state index contributed by atoms with van der Waals surface area (Å²) in [5.74, 6) is -1.48. The van der Waals surface area contributed by atoms with Crippen molar-refractivity contribution in [1.29, 1.82) is 0 Å². The van der Waals surface area contributed by atoms with Gasteiger partial charge in [-0.25, -0.2) is 18.7 Å². The highest BCUT2D eigenvalue weighted by atomic mass is 19.1. The van der Waals surface area contributed by atoms with Gasteiger partial charge >= 0.3 is 0 Å². The molecule has 0 radical (unpaired) electrons. The lowest BCUT2D eigenvalue weighted by atomic mass is 9.97. The number of carbonyl (C=O) groups is 1. The second-order valence-electron chi connectivity index (χ2n) is 5.83. The zero-order chi connectivity index (χ0) is 19.6. The number of anilines is 1. The number of nitrogens with two attached hydrogens (primary N) is 1. The minimum Gasteiger partial charge on any atom is -0.383 e. The Hall–Kier alpha value is -3.48. The minimum absolute atomic E-state index is 0.103. The summed E-state index contributed by atoms with van der Waals surface area (Å²) in [6.45, 7) is 1.72. The Kier molecular flexibility index (Phi) is 5.03. The molecule has 2 aromatic carbocycles. The molecule has 0 saturated heterocycles. The van der Waals surface area contributed by atoms with Crippen LogP contribution in [0.1, 0.15) is 32.7 Å². The number of aliphatic imine (C=N–C) groups is 1. The second kappa shape index (κ2) is 7.41. The van der Waals surface area contributed by atoms with Crippen LogP contribution >= 0.6 is 0 Å². The zero-order valence-corrected chi connectivity index (χ0v) is 14.7. The van der Waals surface area contributed by atoms with Crippen molar-refractivity contribution in [3.05, 3.63) is 88.4 Å². The summed E-state index contributed by atoms with van der Waals surface area (Å²) in [6, 6.07) is 9.25. The van der Waals surface area contributed by atoms with Gasteiger partial charge in [-0.1, -0.05) is 18.2 Å². The van der Waals surface area contributed by atoms with Gasteiger partial charge in [0.2, 0.25) is 0 Å². The van der Waals surface area contributed by atoms with E-state index in [1.165, 1.54) is 43.7 Å². The SMILES string of the molecule is CN=C(c1ccc(C(=O)c2cccc(F)c2)cc1F)c1c(C)ncnc1N. The van der Waals surface area contributed by atoms with Crippen molar-refractivity contribution in [2.45, 2.75) is 6.92 Å². The molecule has 5 nitrogen and oxygen atoms in total. The van der Waals surface area contributed by atoms with Crippen LogP contribution in [-0.2, 0) is 0 Å². The molecule has 7 heteroatoms. The van der Waals surface area contributed by atoms with E-state index in [2.05, 4.69) is 15.0 Å². The summed E-state index contributed by atoms with van der Waals surface area (Å²) in [5.41, 5.74) is 7.60. The van der Waals surface area contributed by atoms with Crippen LogP contribution < -0.4 is 5.73 Å². The fraction of sp³-hybridized carbons (Fsp3) is 0.100. The Balaban J connectivity index is 2.03. The number of aromatic nitrogens is 2. The maximum absolute atomic E-state index is 14.8. The summed E-state index contributed by atoms with van der Waals surface area (Å²) >= 11 is 0. The molecule has 1 aromatic heterocycles. The van der Waals surface area contributed by atoms with Crippen molar-refractivity contribution in [3.63, 3.8) is 0 Å². The molecule has 0 aliphatic carbocycles. The van der Waals surface area contributed by atoms with Gasteiger partial charge in [-0.3, -0.25) is 9.79 Å². The van der Waals surface area contributed by atoms with E-state index in [4.69, 9.17) is 5.73 Å². The van der Waals surface area contributed by atoms with Gasteiger partial charge in [-0.15, -0.1) is 0 Å². The van der Waals surface area contributed by atoms with Crippen LogP contribution in [0.25, 0.3) is 0 Å². The smallest absolute Gasteiger partial charge is 0.193 e. The van der Waals surface area contributed by atoms with Gasteiger partial charge in [-0.2, -0.15) is 0 Å². The highest BCUT2D eigenvalue weighted by Gasteiger charge is 2.19. The number of aryl methyl sites for hydroxylation is 1. The Labute approximate surface area is 154 Å². The van der Waals surface area contributed by atoms with Crippen LogP contribution in [0.4, 0.5) is 14.6 Å². The molecule has 0 unspecified atom stereocenters. The van der Waals surface area contributed by atoms with E-state index in [1.807, 2.05) is 0 Å². The van der Waals surface area contributed by atoms with Gasteiger partial charge < -0.3 is 5.73 Å². The number of nitrogen functional groups attached to an aromatic ring is 1. The topological polar surface area (TPSA) is 81.2 Å². The van der Waals surface area contributed by atoms with E-state index in [0.29, 0.717) is 11.3 Å². The molecular weight excluding hydrogens is 350 g/mol. The van der Waals surface area contributed by atoms with Gasteiger partial charge in [0, 0.05) is 23.7 Å². The van der Waals surface area contributed by atoms with Crippen LogP contribution in [0, 0.1) is 18.6 Å². The number of carbonyl (C=O) groups excluding carboxylic acids is 1. The lowest BCUT2D eigenvalue weighted by Crippen LogP contribution is -2.14. The van der Waals surface area contributed by atoms with Gasteiger partial charge in [-0.05, 0) is 31.2 Å². The molecule has 0 spiro atoms. The number of halogens is 2. The van der Waals surface area contributed by atoms with Gasteiger partial charge in [0.05, 0.1) is 17.0 Å². The molecule has 2 N–H and O–H groups in total. The van der Waals surface area contributed by atoms with E-state index in [9.17, 15) is 13.6 Å². The first-order valence-electron chi connectivity index (χ1n) is 8.06. The van der Waals surface area contributed by atoms with Crippen LogP contribution in [0.5, 0.6) is 0 Å². The molecule has 27 heavy (non-hydrogen) atoms. The predicted octanol–water partition coefficient (Wildman–Crippen LogP) is 3.34. The number of rotatable bonds is 4. The molecule has 3 aromatic rings. The third kappa shape index (κ3) is 3.57. The molecule has 0 fully saturated rings. The van der Waals surface area contributed by atoms with Gasteiger partial charge in [0.15, 0.2) is 5.78 Å². The average molecular weight is 366 g/mol. The van der Waals surface area contributed by atoms with Crippen molar-refractivity contribution >= 4 is 17.3 Å². The lowest BCUT2D eigenvalue weighted by Gasteiger charge is -2.12. The monoisotopic (exact) mass is 366 g/mol. The summed E-state index contributed by atoms with van der Waals surface area (Å²) in [4.78, 5) is 24.6. The Bertz CT molecular complexity index is 1040. The Morgan fingerprint density at radius 2 is 1.81 bits per heavy atom. The molecule has 3 rings (SSSR count). The molecular formula is C20H16F2N4O. The highest BCUT2D eigenvalue weighted by Crippen LogP contribution is 2.22. The van der Waals surface area contributed by atoms with E-state index < -0.39 is 17.4 Å². The number of hydrogen-bond acceptors (Lipinski definition) is 5. The Morgan fingerprint density at radius 1 is 1.07 bits per heavy atom. The lowest BCUT2D eigenvalue weighted by molar-refractivity contribution is 0.103. The first-order valence-corrected chi connectivity index (χ1v) is 8.06. The fourth-order valence-corrected chi connectivity index (χ4v) is 2.80. The summed E-state index contributed by atoms with van der Waals surface area (Å²) in [5, 5.41) is 0. The van der Waals surface area contributed by atoms with Crippen molar-refractivity contribution in [2.24, 2.45) is 4.99 Å². The number of benzene rings is 2. The molecule has 0 aliphatic rings. The molecule has 0 atom stereocenters. The molecule has 0 saturated carbocycles. The Morgan fingerprint density at radius 3 is 2.44 bits per heavy atom. The van der Waals surface area contributed by atoms with Crippen molar-refractivity contribution in [1.82, 2.24) is 9.97 Å². The minimum atomic E-state index is -0.652. The standard InChI is InChI=1S/C20H16F2N4O/c1-11-17(20(23)26-10-25-11)18(24-2)15-7-6-13(9-16(15)22)19(27)12-4-3-5-14(21)8-12/h3-10H,1-2H3,(H2,23,25,26). The van der Waals surface area contributed by atoms with Crippen LogP contribution in [0.15, 0.2) is 53.8 Å². The first-order chi connectivity index (χ1) is 12.9. The van der Waals surface area contributed by atoms with Gasteiger partial charge in [0.1, 0.15) is 23.8 Å². The van der Waals surface area contributed by atoms with Crippen molar-refractivity contribution < 1.29 is 13.6 Å². The van der Waals surface area contributed by atoms with Crippen LogP contribution in [0.2, 0.25) is 0 Å². The predicted molar refractivity (Wildman–Crippen MR) is 99.0 cm³/mol. The molecule has 0 amide bonds. The van der Waals surface area contributed by atoms with E-state index in [0.717, 1.165) is 12.1 Å². The quantitative estimate of drug-likeness (QED) is 0.567. The number of hydrogen-bond donors (Lipinski definition) is 1. The van der Waals surface area contributed by atoms with E-state index in [-0.39, 0.29) is 28.2 Å². The van der Waals surface area contributed by atoms with E-state index in [1.54, 1.807) is 6.92 Å². The third-order valence-corrected chi connectivity index (χ3v) is 4.10. The zero-order valence-electron chi connectivity index (χ0n) is 14.7. The number of nitrogens with zero attached hydrogens (tertiary/aromatic N) is 3. The molecule has 1 heterocycles. The third-order valence-electron chi connectivity index (χ3n) is 4.10. The highest BCUT2D eigenvalue weighted by molar-refractivity contribution is 6.16. The average Bonchev–Trinajstić information content (AvgIpc) is 2.65. The first kappa shape index (κ1) is 18.3.